The van der Waals surface area contributed by atoms with E-state index < -0.39 is 0 Å². The van der Waals surface area contributed by atoms with Gasteiger partial charge in [-0.15, -0.1) is 0 Å². The SMILES string of the molecule is CC.Cc1ccc(CC(=O)Nc2nc3c(nc2CCC2CCCCC2)-c2ccc(F)cc2CC3)cc1. The van der Waals surface area contributed by atoms with Gasteiger partial charge in [0.25, 0.3) is 0 Å². The third-order valence-corrected chi connectivity index (χ3v) is 7.25. The number of fused-ring (bicyclic) bond motifs is 3. The molecule has 5 rings (SSSR count). The summed E-state index contributed by atoms with van der Waals surface area (Å²) in [5.41, 5.74) is 6.67. The first-order valence-corrected chi connectivity index (χ1v) is 13.6. The Labute approximate surface area is 214 Å². The number of aromatic nitrogens is 2. The first-order valence-electron chi connectivity index (χ1n) is 13.6. The second-order valence-electron chi connectivity index (χ2n) is 9.87. The van der Waals surface area contributed by atoms with Gasteiger partial charge in [-0.2, -0.15) is 0 Å². The number of nitrogens with zero attached hydrogens (tertiary/aromatic N) is 2. The van der Waals surface area contributed by atoms with E-state index in [4.69, 9.17) is 9.97 Å². The lowest BCUT2D eigenvalue weighted by molar-refractivity contribution is -0.115. The number of benzene rings is 2. The van der Waals surface area contributed by atoms with Crippen molar-refractivity contribution < 1.29 is 9.18 Å². The highest BCUT2D eigenvalue weighted by Crippen LogP contribution is 2.34. The molecule has 1 amide bonds. The number of rotatable bonds is 6. The van der Waals surface area contributed by atoms with Gasteiger partial charge in [0, 0.05) is 5.56 Å². The zero-order chi connectivity index (χ0) is 25.5. The predicted molar refractivity (Wildman–Crippen MR) is 145 cm³/mol. The summed E-state index contributed by atoms with van der Waals surface area (Å²) in [5, 5.41) is 3.07. The number of carbonyl (C=O) groups is 1. The minimum Gasteiger partial charge on any atom is -0.309 e. The molecule has 0 saturated heterocycles. The van der Waals surface area contributed by atoms with Gasteiger partial charge < -0.3 is 5.32 Å². The second kappa shape index (κ2) is 12.2. The van der Waals surface area contributed by atoms with Gasteiger partial charge in [0.15, 0.2) is 5.82 Å². The smallest absolute Gasteiger partial charge is 0.229 e. The number of hydrogen-bond acceptors (Lipinski definition) is 3. The van der Waals surface area contributed by atoms with Gasteiger partial charge >= 0.3 is 0 Å². The molecule has 2 aromatic carbocycles. The molecule has 0 atom stereocenters. The Morgan fingerprint density at radius 1 is 1.00 bits per heavy atom. The van der Waals surface area contributed by atoms with Crippen LogP contribution in [0, 0.1) is 18.7 Å². The topological polar surface area (TPSA) is 54.9 Å². The summed E-state index contributed by atoms with van der Waals surface area (Å²) in [7, 11) is 0. The fourth-order valence-corrected chi connectivity index (χ4v) is 5.31. The minimum atomic E-state index is -0.215. The van der Waals surface area contributed by atoms with Crippen LogP contribution < -0.4 is 5.32 Å². The van der Waals surface area contributed by atoms with Crippen molar-refractivity contribution in [2.24, 2.45) is 5.92 Å². The molecule has 1 N–H and O–H groups in total. The zero-order valence-corrected chi connectivity index (χ0v) is 21.9. The Hall–Kier alpha value is -3.08. The third kappa shape index (κ3) is 6.37. The normalized spacial score (nSPS) is 14.8. The molecular formula is C31H38FN3O. The van der Waals surface area contributed by atoms with Gasteiger partial charge in [-0.1, -0.05) is 75.8 Å². The molecule has 2 aliphatic carbocycles. The van der Waals surface area contributed by atoms with E-state index in [1.807, 2.05) is 51.1 Å². The molecule has 0 unspecified atom stereocenters. The molecule has 3 aromatic rings. The van der Waals surface area contributed by atoms with Crippen LogP contribution in [0.2, 0.25) is 0 Å². The van der Waals surface area contributed by atoms with Crippen LogP contribution >= 0.6 is 0 Å². The molecule has 190 valence electrons. The predicted octanol–water partition coefficient (Wildman–Crippen LogP) is 7.41. The highest BCUT2D eigenvalue weighted by atomic mass is 19.1. The van der Waals surface area contributed by atoms with Crippen LogP contribution in [0.4, 0.5) is 10.2 Å². The fraction of sp³-hybridized carbons (Fsp3) is 0.452. The van der Waals surface area contributed by atoms with Gasteiger partial charge in [0.05, 0.1) is 23.5 Å². The molecule has 1 aromatic heterocycles. The molecule has 1 saturated carbocycles. The molecule has 0 aliphatic heterocycles. The van der Waals surface area contributed by atoms with E-state index in [1.165, 1.54) is 43.7 Å². The average molecular weight is 488 g/mol. The van der Waals surface area contributed by atoms with Gasteiger partial charge in [0.2, 0.25) is 5.91 Å². The number of halogens is 1. The Bertz CT molecular complexity index is 1180. The van der Waals surface area contributed by atoms with E-state index in [1.54, 1.807) is 6.07 Å². The summed E-state index contributed by atoms with van der Waals surface area (Å²) in [4.78, 5) is 22.9. The van der Waals surface area contributed by atoms with Gasteiger partial charge in [-0.3, -0.25) is 4.79 Å². The first kappa shape index (κ1) is 26.0. The Morgan fingerprint density at radius 3 is 2.50 bits per heavy atom. The Kier molecular flexibility index (Phi) is 8.84. The highest BCUT2D eigenvalue weighted by Gasteiger charge is 2.24. The molecule has 1 heterocycles. The van der Waals surface area contributed by atoms with Crippen molar-refractivity contribution in [2.45, 2.75) is 85.0 Å². The molecule has 5 heteroatoms. The van der Waals surface area contributed by atoms with Gasteiger partial charge in [-0.25, -0.2) is 14.4 Å². The third-order valence-electron chi connectivity index (χ3n) is 7.25. The van der Waals surface area contributed by atoms with Crippen LogP contribution in [0.25, 0.3) is 11.3 Å². The standard InChI is InChI=1S/C29H32FN3O.C2H6/c1-19-7-9-21(10-8-19)17-27(34)33-29-26(15-11-20-5-3-2-4-6-20)31-28-24-14-13-23(30)18-22(24)12-16-25(28)32-29;1-2/h7-10,13-14,18,20H,2-6,11-12,15-17H2,1H3,(H,32,33,34);1-2H3. The zero-order valence-electron chi connectivity index (χ0n) is 21.9. The number of nitrogens with one attached hydrogen (secondary N) is 1. The van der Waals surface area contributed by atoms with Gasteiger partial charge in [0.1, 0.15) is 5.82 Å². The summed E-state index contributed by atoms with van der Waals surface area (Å²) in [5.74, 6) is 1.02. The number of amides is 1. The average Bonchev–Trinajstić information content (AvgIpc) is 2.90. The lowest BCUT2D eigenvalue weighted by atomic mass is 9.85. The summed E-state index contributed by atoms with van der Waals surface area (Å²) in [6.45, 7) is 6.04. The largest absolute Gasteiger partial charge is 0.309 e. The molecule has 1 fully saturated rings. The molecular weight excluding hydrogens is 449 g/mol. The number of carbonyl (C=O) groups excluding carboxylic acids is 1. The lowest BCUT2D eigenvalue weighted by Gasteiger charge is -2.23. The number of hydrogen-bond donors (Lipinski definition) is 1. The van der Waals surface area contributed by atoms with Crippen molar-refractivity contribution in [1.82, 2.24) is 9.97 Å². The van der Waals surface area contributed by atoms with Crippen LogP contribution in [-0.4, -0.2) is 15.9 Å². The Balaban J connectivity index is 0.00000148. The lowest BCUT2D eigenvalue weighted by Crippen LogP contribution is -2.20. The van der Waals surface area contributed by atoms with Crippen LogP contribution in [-0.2, 0) is 30.5 Å². The van der Waals surface area contributed by atoms with Crippen molar-refractivity contribution in [3.63, 3.8) is 0 Å². The molecule has 0 bridgehead atoms. The van der Waals surface area contributed by atoms with E-state index in [-0.39, 0.29) is 11.7 Å². The molecule has 0 radical (unpaired) electrons. The monoisotopic (exact) mass is 487 g/mol. The maximum atomic E-state index is 13.8. The van der Waals surface area contributed by atoms with E-state index in [0.717, 1.165) is 53.0 Å². The van der Waals surface area contributed by atoms with Crippen molar-refractivity contribution >= 4 is 11.7 Å². The van der Waals surface area contributed by atoms with Crippen LogP contribution in [0.1, 0.15) is 80.5 Å². The summed E-state index contributed by atoms with van der Waals surface area (Å²) in [6, 6.07) is 13.0. The van der Waals surface area contributed by atoms with E-state index in [9.17, 15) is 9.18 Å². The van der Waals surface area contributed by atoms with Crippen molar-refractivity contribution in [1.29, 1.82) is 0 Å². The van der Waals surface area contributed by atoms with Gasteiger partial charge in [-0.05, 0) is 67.9 Å². The van der Waals surface area contributed by atoms with Crippen LogP contribution in [0.5, 0.6) is 0 Å². The maximum Gasteiger partial charge on any atom is 0.229 e. The van der Waals surface area contributed by atoms with Crippen LogP contribution in [0.3, 0.4) is 0 Å². The highest BCUT2D eigenvalue weighted by molar-refractivity contribution is 5.92. The number of anilines is 1. The van der Waals surface area contributed by atoms with E-state index in [0.29, 0.717) is 24.6 Å². The van der Waals surface area contributed by atoms with Crippen molar-refractivity contribution in [3.05, 3.63) is 76.4 Å². The molecule has 4 nitrogen and oxygen atoms in total. The Morgan fingerprint density at radius 2 is 1.75 bits per heavy atom. The van der Waals surface area contributed by atoms with E-state index >= 15 is 0 Å². The molecule has 2 aliphatic rings. The fourth-order valence-electron chi connectivity index (χ4n) is 5.31. The summed E-state index contributed by atoms with van der Waals surface area (Å²) in [6.07, 6.45) is 10.1. The molecule has 0 spiro atoms. The van der Waals surface area contributed by atoms with Crippen LogP contribution in [0.15, 0.2) is 42.5 Å². The summed E-state index contributed by atoms with van der Waals surface area (Å²) >= 11 is 0. The summed E-state index contributed by atoms with van der Waals surface area (Å²) < 4.78 is 13.8. The number of aryl methyl sites for hydroxylation is 4. The first-order chi connectivity index (χ1) is 17.5. The second-order valence-corrected chi connectivity index (χ2v) is 9.87. The minimum absolute atomic E-state index is 0.0738. The molecule has 36 heavy (non-hydrogen) atoms. The van der Waals surface area contributed by atoms with E-state index in [2.05, 4.69) is 5.32 Å². The maximum absolute atomic E-state index is 13.8. The van der Waals surface area contributed by atoms with Crippen molar-refractivity contribution in [2.75, 3.05) is 5.32 Å². The quantitative estimate of drug-likeness (QED) is 0.394. The van der Waals surface area contributed by atoms with Crippen molar-refractivity contribution in [3.8, 4) is 11.3 Å².